The van der Waals surface area contributed by atoms with E-state index in [4.69, 9.17) is 0 Å². The Hall–Kier alpha value is -3.42. The van der Waals surface area contributed by atoms with E-state index in [1.165, 1.54) is 15.5 Å². The molecule has 5 rings (SSSR count). The van der Waals surface area contributed by atoms with Crippen molar-refractivity contribution in [3.8, 4) is 0 Å². The number of amides is 1. The van der Waals surface area contributed by atoms with Crippen molar-refractivity contribution in [1.29, 1.82) is 0 Å². The van der Waals surface area contributed by atoms with Gasteiger partial charge in [-0.15, -0.1) is 0 Å². The van der Waals surface area contributed by atoms with Crippen LogP contribution in [0.3, 0.4) is 0 Å². The quantitative estimate of drug-likeness (QED) is 0.500. The Labute approximate surface area is 160 Å². The monoisotopic (exact) mass is 376 g/mol. The molecule has 0 fully saturated rings. The van der Waals surface area contributed by atoms with E-state index in [1.807, 2.05) is 18.2 Å². The van der Waals surface area contributed by atoms with Gasteiger partial charge in [-0.05, 0) is 44.7 Å². The molecule has 1 aromatic carbocycles. The minimum atomic E-state index is -0.357. The van der Waals surface area contributed by atoms with Crippen LogP contribution in [-0.2, 0) is 11.2 Å². The number of hydrogen-bond donors (Lipinski definition) is 3. The second-order valence-electron chi connectivity index (χ2n) is 7.32. The first kappa shape index (κ1) is 16.7. The number of hydrogen-bond acceptors (Lipinski definition) is 4. The molecule has 28 heavy (non-hydrogen) atoms. The number of para-hydroxylation sites is 1. The van der Waals surface area contributed by atoms with Crippen LogP contribution in [0.2, 0.25) is 0 Å². The number of aromatic nitrogens is 5. The summed E-state index contributed by atoms with van der Waals surface area (Å²) in [4.78, 5) is 37.8. The molecule has 3 N–H and O–H groups in total. The summed E-state index contributed by atoms with van der Waals surface area (Å²) in [7, 11) is 0. The van der Waals surface area contributed by atoms with E-state index in [0.29, 0.717) is 17.3 Å². The maximum Gasteiger partial charge on any atom is 0.298 e. The molecule has 3 aromatic heterocycles. The lowest BCUT2D eigenvalue weighted by molar-refractivity contribution is -0.118. The van der Waals surface area contributed by atoms with Crippen LogP contribution in [0.25, 0.3) is 16.7 Å². The molecule has 0 spiro atoms. The van der Waals surface area contributed by atoms with Crippen LogP contribution in [0.1, 0.15) is 41.5 Å². The van der Waals surface area contributed by atoms with Crippen molar-refractivity contribution in [1.82, 2.24) is 24.6 Å². The summed E-state index contributed by atoms with van der Waals surface area (Å²) in [6.07, 6.45) is 2.62. The van der Waals surface area contributed by atoms with Crippen LogP contribution in [0.4, 0.5) is 5.69 Å². The molecule has 8 heteroatoms. The molecule has 1 atom stereocenters. The highest BCUT2D eigenvalue weighted by Crippen LogP contribution is 2.36. The summed E-state index contributed by atoms with van der Waals surface area (Å²) in [5.74, 6) is 0.376. The summed E-state index contributed by atoms with van der Waals surface area (Å²) >= 11 is 0. The van der Waals surface area contributed by atoms with Crippen LogP contribution in [0.5, 0.6) is 0 Å². The average Bonchev–Trinajstić information content (AvgIpc) is 3.24. The summed E-state index contributed by atoms with van der Waals surface area (Å²) in [5.41, 5.74) is 3.48. The van der Waals surface area contributed by atoms with Gasteiger partial charge in [0.25, 0.3) is 11.3 Å². The van der Waals surface area contributed by atoms with Crippen molar-refractivity contribution >= 4 is 28.3 Å². The van der Waals surface area contributed by atoms with Gasteiger partial charge in [-0.2, -0.15) is 9.50 Å². The Morgan fingerprint density at radius 3 is 2.93 bits per heavy atom. The SMILES string of the molecule is Cc1nc2nc(C)c(NC(=O)C3CCCc4c3[nH]c3ccccc43)c(=O)n2[nH]1. The number of aromatic amines is 2. The van der Waals surface area contributed by atoms with Crippen LogP contribution < -0.4 is 10.9 Å². The van der Waals surface area contributed by atoms with Crippen LogP contribution in [0.15, 0.2) is 29.1 Å². The molecule has 0 saturated heterocycles. The number of benzene rings is 1. The van der Waals surface area contributed by atoms with Crippen LogP contribution >= 0.6 is 0 Å². The first-order chi connectivity index (χ1) is 13.5. The van der Waals surface area contributed by atoms with Crippen molar-refractivity contribution < 1.29 is 4.79 Å². The Morgan fingerprint density at radius 1 is 1.25 bits per heavy atom. The first-order valence-electron chi connectivity index (χ1n) is 9.39. The fourth-order valence-electron chi connectivity index (χ4n) is 4.16. The highest BCUT2D eigenvalue weighted by atomic mass is 16.2. The molecule has 4 aromatic rings. The van der Waals surface area contributed by atoms with Gasteiger partial charge < -0.3 is 10.3 Å². The minimum absolute atomic E-state index is 0.189. The number of carbonyl (C=O) groups excluding carboxylic acids is 1. The molecule has 0 saturated carbocycles. The van der Waals surface area contributed by atoms with Crippen molar-refractivity contribution in [2.45, 2.75) is 39.0 Å². The second kappa shape index (κ2) is 6.05. The first-order valence-corrected chi connectivity index (χ1v) is 9.39. The predicted octanol–water partition coefficient (Wildman–Crippen LogP) is 2.57. The van der Waals surface area contributed by atoms with Crippen molar-refractivity contribution in [2.24, 2.45) is 0 Å². The standard InChI is InChI=1S/C20H20N6O2/c1-10-16(19(28)26-20(21-10)22-11(2)25-26)24-18(27)14-8-5-7-13-12-6-3-4-9-15(12)23-17(13)14/h3-4,6,9,14,23H,5,7-8H2,1-2H3,(H,24,27)(H,21,22,25). The van der Waals surface area contributed by atoms with Crippen molar-refractivity contribution in [2.75, 3.05) is 5.32 Å². The molecule has 1 aliphatic carbocycles. The molecular formula is C20H20N6O2. The predicted molar refractivity (Wildman–Crippen MR) is 106 cm³/mol. The molecule has 1 amide bonds. The summed E-state index contributed by atoms with van der Waals surface area (Å²) in [6.45, 7) is 3.46. The van der Waals surface area contributed by atoms with Gasteiger partial charge in [-0.3, -0.25) is 14.7 Å². The number of H-pyrrole nitrogens is 2. The lowest BCUT2D eigenvalue weighted by atomic mass is 9.86. The molecule has 1 unspecified atom stereocenters. The van der Waals surface area contributed by atoms with Gasteiger partial charge in [-0.25, -0.2) is 4.98 Å². The number of anilines is 1. The Balaban J connectivity index is 1.54. The lowest BCUT2D eigenvalue weighted by Crippen LogP contribution is -2.30. The van der Waals surface area contributed by atoms with Gasteiger partial charge in [0.1, 0.15) is 11.5 Å². The third-order valence-electron chi connectivity index (χ3n) is 5.47. The summed E-state index contributed by atoms with van der Waals surface area (Å²) < 4.78 is 1.26. The zero-order chi connectivity index (χ0) is 19.4. The van der Waals surface area contributed by atoms with Gasteiger partial charge >= 0.3 is 0 Å². The van der Waals surface area contributed by atoms with E-state index >= 15 is 0 Å². The fraction of sp³-hybridized carbons (Fsp3) is 0.300. The zero-order valence-corrected chi connectivity index (χ0v) is 15.7. The van der Waals surface area contributed by atoms with Crippen LogP contribution in [0, 0.1) is 13.8 Å². The van der Waals surface area contributed by atoms with Gasteiger partial charge in [0.15, 0.2) is 0 Å². The molecule has 142 valence electrons. The molecule has 0 bridgehead atoms. The number of fused-ring (bicyclic) bond motifs is 4. The normalized spacial score (nSPS) is 16.4. The zero-order valence-electron chi connectivity index (χ0n) is 15.7. The highest BCUT2D eigenvalue weighted by molar-refractivity contribution is 5.98. The third kappa shape index (κ3) is 2.45. The van der Waals surface area contributed by atoms with Crippen LogP contribution in [-0.4, -0.2) is 30.5 Å². The molecular weight excluding hydrogens is 356 g/mol. The highest BCUT2D eigenvalue weighted by Gasteiger charge is 2.30. The van der Waals surface area contributed by atoms with Gasteiger partial charge in [0.05, 0.1) is 11.6 Å². The third-order valence-corrected chi connectivity index (χ3v) is 5.47. The van der Waals surface area contributed by atoms with Gasteiger partial charge in [0, 0.05) is 16.6 Å². The molecule has 8 nitrogen and oxygen atoms in total. The van der Waals surface area contributed by atoms with E-state index in [-0.39, 0.29) is 23.1 Å². The van der Waals surface area contributed by atoms with Crippen molar-refractivity contribution in [3.63, 3.8) is 0 Å². The average molecular weight is 376 g/mol. The Bertz CT molecular complexity index is 1300. The number of carbonyl (C=O) groups is 1. The number of nitrogens with one attached hydrogen (secondary N) is 3. The minimum Gasteiger partial charge on any atom is -0.357 e. The fourth-order valence-corrected chi connectivity index (χ4v) is 4.16. The second-order valence-corrected chi connectivity index (χ2v) is 7.32. The number of nitrogens with zero attached hydrogens (tertiary/aromatic N) is 3. The maximum absolute atomic E-state index is 13.1. The molecule has 0 aliphatic heterocycles. The van der Waals surface area contributed by atoms with Gasteiger partial charge in [0.2, 0.25) is 5.91 Å². The van der Waals surface area contributed by atoms with Gasteiger partial charge in [-0.1, -0.05) is 18.2 Å². The summed E-state index contributed by atoms with van der Waals surface area (Å²) in [6, 6.07) is 8.10. The maximum atomic E-state index is 13.1. The van der Waals surface area contributed by atoms with E-state index in [9.17, 15) is 9.59 Å². The smallest absolute Gasteiger partial charge is 0.298 e. The van der Waals surface area contributed by atoms with E-state index in [0.717, 1.165) is 30.5 Å². The molecule has 3 heterocycles. The van der Waals surface area contributed by atoms with E-state index in [1.54, 1.807) is 13.8 Å². The Morgan fingerprint density at radius 2 is 2.07 bits per heavy atom. The van der Waals surface area contributed by atoms with Crippen molar-refractivity contribution in [3.05, 3.63) is 57.4 Å². The summed E-state index contributed by atoms with van der Waals surface area (Å²) in [5, 5.41) is 6.85. The molecule has 0 radical (unpaired) electrons. The topological polar surface area (TPSA) is 108 Å². The lowest BCUT2D eigenvalue weighted by Gasteiger charge is -2.22. The largest absolute Gasteiger partial charge is 0.357 e. The number of aryl methyl sites for hydroxylation is 3. The number of rotatable bonds is 2. The van der Waals surface area contributed by atoms with E-state index < -0.39 is 0 Å². The Kier molecular flexibility index (Phi) is 3.61. The molecule has 1 aliphatic rings. The van der Waals surface area contributed by atoms with E-state index in [2.05, 4.69) is 31.4 Å².